The van der Waals surface area contributed by atoms with E-state index in [1.165, 1.54) is 0 Å². The van der Waals surface area contributed by atoms with Gasteiger partial charge < -0.3 is 15.8 Å². The van der Waals surface area contributed by atoms with E-state index >= 15 is 0 Å². The first-order valence-electron chi connectivity index (χ1n) is 6.20. The van der Waals surface area contributed by atoms with Gasteiger partial charge in [0.1, 0.15) is 5.60 Å². The lowest BCUT2D eigenvalue weighted by molar-refractivity contribution is 0.0504. The molecule has 0 aromatic heterocycles. The highest BCUT2D eigenvalue weighted by atomic mass is 32.2. The van der Waals surface area contributed by atoms with E-state index in [1.807, 2.05) is 51.3 Å². The second-order valence-corrected chi connectivity index (χ2v) is 6.02. The molecule has 0 bridgehead atoms. The zero-order valence-electron chi connectivity index (χ0n) is 11.9. The number of benzene rings is 1. The third kappa shape index (κ3) is 5.12. The first kappa shape index (κ1) is 15.9. The Balaban J connectivity index is 2.81. The number of ether oxygens (including phenoxy) is 1. The maximum absolute atomic E-state index is 11.8. The van der Waals surface area contributed by atoms with Crippen molar-refractivity contribution in [2.24, 2.45) is 5.73 Å². The van der Waals surface area contributed by atoms with E-state index in [9.17, 15) is 4.79 Å². The van der Waals surface area contributed by atoms with Gasteiger partial charge in [-0.2, -0.15) is 0 Å². The van der Waals surface area contributed by atoms with Crippen molar-refractivity contribution in [2.75, 3.05) is 12.8 Å². The molecule has 1 unspecified atom stereocenters. The lowest BCUT2D eigenvalue weighted by Gasteiger charge is -2.24. The minimum atomic E-state index is -0.512. The molecule has 0 saturated carbocycles. The highest BCUT2D eigenvalue weighted by Gasteiger charge is 2.20. The third-order valence-electron chi connectivity index (χ3n) is 2.44. The van der Waals surface area contributed by atoms with Crippen molar-refractivity contribution in [3.8, 4) is 0 Å². The average Bonchev–Trinajstić information content (AvgIpc) is 2.33. The maximum atomic E-state index is 11.8. The fraction of sp³-hybridized carbons (Fsp3) is 0.500. The average molecular weight is 282 g/mol. The van der Waals surface area contributed by atoms with Gasteiger partial charge >= 0.3 is 6.09 Å². The number of thioether (sulfide) groups is 1. The van der Waals surface area contributed by atoms with Gasteiger partial charge in [-0.25, -0.2) is 4.79 Å². The zero-order chi connectivity index (χ0) is 14.5. The molecule has 1 atom stereocenters. The molecule has 0 aliphatic carbocycles. The fourth-order valence-corrected chi connectivity index (χ4v) is 2.33. The molecule has 1 rings (SSSR count). The molecule has 4 nitrogen and oxygen atoms in total. The molecule has 0 saturated heterocycles. The summed E-state index contributed by atoms with van der Waals surface area (Å²) in [5, 5.41) is 2.81. The van der Waals surface area contributed by atoms with Crippen molar-refractivity contribution < 1.29 is 9.53 Å². The van der Waals surface area contributed by atoms with Crippen LogP contribution < -0.4 is 11.1 Å². The van der Waals surface area contributed by atoms with Crippen LogP contribution in [0.2, 0.25) is 0 Å². The van der Waals surface area contributed by atoms with Crippen LogP contribution in [0.3, 0.4) is 0 Å². The van der Waals surface area contributed by atoms with Gasteiger partial charge in [0, 0.05) is 11.4 Å². The minimum Gasteiger partial charge on any atom is -0.444 e. The van der Waals surface area contributed by atoms with E-state index in [-0.39, 0.29) is 6.04 Å². The summed E-state index contributed by atoms with van der Waals surface area (Å²) in [5.74, 6) is 0. The van der Waals surface area contributed by atoms with Crippen molar-refractivity contribution in [2.45, 2.75) is 37.3 Å². The van der Waals surface area contributed by atoms with Crippen molar-refractivity contribution in [1.82, 2.24) is 5.32 Å². The Kier molecular flexibility index (Phi) is 5.69. The Morgan fingerprint density at radius 1 is 1.42 bits per heavy atom. The fourth-order valence-electron chi connectivity index (χ4n) is 1.67. The van der Waals surface area contributed by atoms with Gasteiger partial charge in [-0.05, 0) is 38.7 Å². The van der Waals surface area contributed by atoms with Crippen LogP contribution in [0, 0.1) is 0 Å². The molecule has 106 valence electrons. The van der Waals surface area contributed by atoms with E-state index in [2.05, 4.69) is 5.32 Å². The quantitative estimate of drug-likeness (QED) is 0.833. The Bertz CT molecular complexity index is 430. The molecule has 0 radical (unpaired) electrons. The molecular formula is C14H22N2O2S. The van der Waals surface area contributed by atoms with Gasteiger partial charge in [-0.3, -0.25) is 0 Å². The summed E-state index contributed by atoms with van der Waals surface area (Å²) in [4.78, 5) is 12.9. The van der Waals surface area contributed by atoms with Crippen LogP contribution in [0.4, 0.5) is 4.79 Å². The first-order chi connectivity index (χ1) is 8.87. The lowest BCUT2D eigenvalue weighted by atomic mass is 10.1. The summed E-state index contributed by atoms with van der Waals surface area (Å²) in [6, 6.07) is 7.66. The van der Waals surface area contributed by atoms with E-state index in [1.54, 1.807) is 11.8 Å². The Labute approximate surface area is 119 Å². The van der Waals surface area contributed by atoms with Gasteiger partial charge in [0.2, 0.25) is 0 Å². The summed E-state index contributed by atoms with van der Waals surface area (Å²) < 4.78 is 5.25. The summed E-state index contributed by atoms with van der Waals surface area (Å²) in [5.41, 5.74) is 6.27. The second kappa shape index (κ2) is 6.82. The molecule has 19 heavy (non-hydrogen) atoms. The van der Waals surface area contributed by atoms with Crippen molar-refractivity contribution in [1.29, 1.82) is 0 Å². The predicted molar refractivity (Wildman–Crippen MR) is 79.4 cm³/mol. The number of rotatable bonds is 4. The first-order valence-corrected chi connectivity index (χ1v) is 7.42. The van der Waals surface area contributed by atoms with Crippen LogP contribution in [0.25, 0.3) is 0 Å². The molecular weight excluding hydrogens is 260 g/mol. The summed E-state index contributed by atoms with van der Waals surface area (Å²) >= 11 is 1.63. The highest BCUT2D eigenvalue weighted by Crippen LogP contribution is 2.25. The number of nitrogens with two attached hydrogens (primary N) is 1. The van der Waals surface area contributed by atoms with Crippen molar-refractivity contribution in [3.05, 3.63) is 29.8 Å². The third-order valence-corrected chi connectivity index (χ3v) is 3.25. The molecule has 1 aromatic carbocycles. The van der Waals surface area contributed by atoms with Crippen molar-refractivity contribution >= 4 is 17.9 Å². The van der Waals surface area contributed by atoms with Gasteiger partial charge in [-0.15, -0.1) is 11.8 Å². The van der Waals surface area contributed by atoms with Crippen LogP contribution in [0.5, 0.6) is 0 Å². The summed E-state index contributed by atoms with van der Waals surface area (Å²) in [7, 11) is 0. The number of hydrogen-bond acceptors (Lipinski definition) is 4. The Morgan fingerprint density at radius 3 is 2.58 bits per heavy atom. The largest absolute Gasteiger partial charge is 0.444 e. The van der Waals surface area contributed by atoms with E-state index < -0.39 is 11.7 Å². The Morgan fingerprint density at radius 2 is 2.05 bits per heavy atom. The lowest BCUT2D eigenvalue weighted by Crippen LogP contribution is -2.38. The number of alkyl carbamates (subject to hydrolysis) is 1. The number of hydrogen-bond donors (Lipinski definition) is 2. The van der Waals surface area contributed by atoms with E-state index in [4.69, 9.17) is 10.5 Å². The molecule has 3 N–H and O–H groups in total. The van der Waals surface area contributed by atoms with Gasteiger partial charge in [0.05, 0.1) is 6.04 Å². The molecule has 0 heterocycles. The van der Waals surface area contributed by atoms with E-state index in [0.717, 1.165) is 10.5 Å². The zero-order valence-corrected chi connectivity index (χ0v) is 12.7. The van der Waals surface area contributed by atoms with Gasteiger partial charge in [0.15, 0.2) is 0 Å². The normalized spacial score (nSPS) is 12.9. The molecule has 1 aromatic rings. The second-order valence-electron chi connectivity index (χ2n) is 5.18. The maximum Gasteiger partial charge on any atom is 0.408 e. The Hall–Kier alpha value is -1.20. The molecule has 0 aliphatic heterocycles. The van der Waals surface area contributed by atoms with E-state index in [0.29, 0.717) is 6.54 Å². The standard InChI is InChI=1S/C14H22N2O2S/c1-14(2,3)18-13(17)16-11(9-15)10-7-5-6-8-12(10)19-4/h5-8,11H,9,15H2,1-4H3,(H,16,17). The van der Waals surface area contributed by atoms with Crippen LogP contribution in [0.1, 0.15) is 32.4 Å². The number of amides is 1. The number of nitrogens with one attached hydrogen (secondary N) is 1. The van der Waals surface area contributed by atoms with Crippen LogP contribution in [0.15, 0.2) is 29.2 Å². The highest BCUT2D eigenvalue weighted by molar-refractivity contribution is 7.98. The smallest absolute Gasteiger partial charge is 0.408 e. The molecule has 1 amide bonds. The molecule has 0 aliphatic rings. The SMILES string of the molecule is CSc1ccccc1C(CN)NC(=O)OC(C)(C)C. The van der Waals surface area contributed by atoms with Crippen LogP contribution in [-0.2, 0) is 4.74 Å². The van der Waals surface area contributed by atoms with Gasteiger partial charge in [-0.1, -0.05) is 18.2 Å². The summed E-state index contributed by atoms with van der Waals surface area (Å²) in [6.45, 7) is 5.83. The van der Waals surface area contributed by atoms with Gasteiger partial charge in [0.25, 0.3) is 0 Å². The van der Waals surface area contributed by atoms with Crippen LogP contribution in [-0.4, -0.2) is 24.5 Å². The molecule has 5 heteroatoms. The molecule has 0 fully saturated rings. The topological polar surface area (TPSA) is 64.3 Å². The monoisotopic (exact) mass is 282 g/mol. The number of carbonyl (C=O) groups is 1. The summed E-state index contributed by atoms with van der Waals surface area (Å²) in [6.07, 6.45) is 1.55. The molecule has 0 spiro atoms. The van der Waals surface area contributed by atoms with Crippen LogP contribution >= 0.6 is 11.8 Å². The van der Waals surface area contributed by atoms with Crippen molar-refractivity contribution in [3.63, 3.8) is 0 Å². The number of carbonyl (C=O) groups excluding carboxylic acids is 1. The minimum absolute atomic E-state index is 0.238. The predicted octanol–water partition coefficient (Wildman–Crippen LogP) is 2.93.